The van der Waals surface area contributed by atoms with Crippen LogP contribution in [-0.2, 0) is 13.0 Å². The molecule has 5 heteroatoms. The van der Waals surface area contributed by atoms with Crippen LogP contribution in [0, 0.1) is 0 Å². The number of hydrogen-bond donors (Lipinski definition) is 1. The second kappa shape index (κ2) is 6.86. The van der Waals surface area contributed by atoms with Crippen molar-refractivity contribution in [3.8, 4) is 0 Å². The summed E-state index contributed by atoms with van der Waals surface area (Å²) in [6.07, 6.45) is 1.09. The molecule has 0 bridgehead atoms. The van der Waals surface area contributed by atoms with Gasteiger partial charge in [0.05, 0.1) is 10.4 Å². The zero-order chi connectivity index (χ0) is 13.8. The number of nitrogens with two attached hydrogens (primary N) is 1. The zero-order valence-electron chi connectivity index (χ0n) is 11.2. The Kier molecular flexibility index (Phi) is 5.42. The van der Waals surface area contributed by atoms with Gasteiger partial charge in [0.1, 0.15) is 0 Å². The number of aryl methyl sites for hydroxylation is 1. The maximum atomic E-state index is 5.97. The van der Waals surface area contributed by atoms with Gasteiger partial charge in [-0.3, -0.25) is 4.90 Å². The molecule has 0 spiro atoms. The predicted molar refractivity (Wildman–Crippen MR) is 86.3 cm³/mol. The van der Waals surface area contributed by atoms with Crippen LogP contribution in [0.3, 0.4) is 0 Å². The molecule has 104 valence electrons. The van der Waals surface area contributed by atoms with Crippen molar-refractivity contribution in [1.82, 2.24) is 4.90 Å². The lowest BCUT2D eigenvalue weighted by atomic mass is 10.2. The number of rotatable bonds is 6. The van der Waals surface area contributed by atoms with Crippen LogP contribution < -0.4 is 5.73 Å². The van der Waals surface area contributed by atoms with Gasteiger partial charge in [-0.25, -0.2) is 0 Å². The molecule has 0 saturated heterocycles. The molecule has 2 aromatic heterocycles. The van der Waals surface area contributed by atoms with Crippen molar-refractivity contribution in [2.75, 3.05) is 13.6 Å². The molecule has 0 amide bonds. The van der Waals surface area contributed by atoms with Gasteiger partial charge in [-0.1, -0.05) is 18.5 Å². The van der Waals surface area contributed by atoms with Gasteiger partial charge in [0.15, 0.2) is 0 Å². The fourth-order valence-electron chi connectivity index (χ4n) is 2.07. The molecular weight excluding hydrogens is 296 g/mol. The highest BCUT2D eigenvalue weighted by Gasteiger charge is 2.18. The summed E-state index contributed by atoms with van der Waals surface area (Å²) in [5, 5.41) is 0. The predicted octanol–water partition coefficient (Wildman–Crippen LogP) is 4.16. The summed E-state index contributed by atoms with van der Waals surface area (Å²) in [6, 6.07) is 8.74. The van der Waals surface area contributed by atoms with E-state index in [1.807, 2.05) is 17.4 Å². The van der Waals surface area contributed by atoms with Crippen LogP contribution in [0.25, 0.3) is 0 Å². The Morgan fingerprint density at radius 3 is 2.47 bits per heavy atom. The lowest BCUT2D eigenvalue weighted by molar-refractivity contribution is 0.247. The minimum Gasteiger partial charge on any atom is -0.329 e. The van der Waals surface area contributed by atoms with Crippen molar-refractivity contribution in [3.63, 3.8) is 0 Å². The normalized spacial score (nSPS) is 13.1. The summed E-state index contributed by atoms with van der Waals surface area (Å²) < 4.78 is 0.845. The van der Waals surface area contributed by atoms with Gasteiger partial charge in [0, 0.05) is 27.7 Å². The van der Waals surface area contributed by atoms with Crippen molar-refractivity contribution < 1.29 is 0 Å². The third-order valence-corrected chi connectivity index (χ3v) is 5.70. The van der Waals surface area contributed by atoms with Crippen molar-refractivity contribution in [3.05, 3.63) is 43.2 Å². The zero-order valence-corrected chi connectivity index (χ0v) is 13.6. The molecule has 0 fully saturated rings. The minimum atomic E-state index is 0.283. The van der Waals surface area contributed by atoms with Crippen LogP contribution >= 0.6 is 34.3 Å². The van der Waals surface area contributed by atoms with E-state index in [1.165, 1.54) is 14.6 Å². The number of hydrogen-bond acceptors (Lipinski definition) is 4. The van der Waals surface area contributed by atoms with Crippen molar-refractivity contribution in [1.29, 1.82) is 0 Å². The van der Waals surface area contributed by atoms with Gasteiger partial charge in [-0.2, -0.15) is 0 Å². The van der Waals surface area contributed by atoms with Crippen LogP contribution in [0.2, 0.25) is 4.34 Å². The number of nitrogens with zero attached hydrogens (tertiary/aromatic N) is 1. The van der Waals surface area contributed by atoms with Gasteiger partial charge < -0.3 is 5.73 Å². The van der Waals surface area contributed by atoms with Crippen molar-refractivity contribution in [2.24, 2.45) is 5.73 Å². The highest BCUT2D eigenvalue weighted by molar-refractivity contribution is 7.16. The van der Waals surface area contributed by atoms with Gasteiger partial charge in [-0.15, -0.1) is 22.7 Å². The summed E-state index contributed by atoms with van der Waals surface area (Å²) in [6.45, 7) is 3.71. The summed E-state index contributed by atoms with van der Waals surface area (Å²) >= 11 is 9.47. The molecule has 1 atom stereocenters. The second-order valence-electron chi connectivity index (χ2n) is 4.53. The van der Waals surface area contributed by atoms with E-state index in [4.69, 9.17) is 17.3 Å². The van der Waals surface area contributed by atoms with E-state index >= 15 is 0 Å². The first-order chi connectivity index (χ1) is 9.13. The summed E-state index contributed by atoms with van der Waals surface area (Å²) in [4.78, 5) is 6.34. The fraction of sp³-hybridized carbons (Fsp3) is 0.429. The third kappa shape index (κ3) is 3.80. The number of likely N-dealkylation sites (N-methyl/N-ethyl adjacent to an activating group) is 1. The Balaban J connectivity index is 2.08. The molecule has 2 aromatic rings. The van der Waals surface area contributed by atoms with Crippen LogP contribution in [0.1, 0.15) is 27.6 Å². The van der Waals surface area contributed by atoms with E-state index in [0.717, 1.165) is 17.3 Å². The molecule has 19 heavy (non-hydrogen) atoms. The van der Waals surface area contributed by atoms with Gasteiger partial charge in [0.2, 0.25) is 0 Å². The molecule has 1 unspecified atom stereocenters. The lowest BCUT2D eigenvalue weighted by Crippen LogP contribution is -2.29. The molecule has 2 heterocycles. The first-order valence-corrected chi connectivity index (χ1v) is 8.38. The summed E-state index contributed by atoms with van der Waals surface area (Å²) in [5.41, 5.74) is 5.96. The smallest absolute Gasteiger partial charge is 0.0931 e. The van der Waals surface area contributed by atoms with Gasteiger partial charge >= 0.3 is 0 Å². The second-order valence-corrected chi connectivity index (χ2v) is 7.53. The highest BCUT2D eigenvalue weighted by atomic mass is 35.5. The summed E-state index contributed by atoms with van der Waals surface area (Å²) in [5.74, 6) is 0. The van der Waals surface area contributed by atoms with E-state index in [9.17, 15) is 0 Å². The maximum absolute atomic E-state index is 5.97. The fourth-order valence-corrected chi connectivity index (χ4v) is 4.35. The molecule has 2 rings (SSSR count). The number of halogens is 1. The van der Waals surface area contributed by atoms with Crippen LogP contribution in [0.15, 0.2) is 24.3 Å². The molecule has 0 aliphatic rings. The molecule has 2 N–H and O–H groups in total. The maximum Gasteiger partial charge on any atom is 0.0931 e. The Bertz CT molecular complexity index is 521. The van der Waals surface area contributed by atoms with E-state index < -0.39 is 0 Å². The number of thiophene rings is 2. The molecular formula is C14H19ClN2S2. The average molecular weight is 315 g/mol. The van der Waals surface area contributed by atoms with Crippen molar-refractivity contribution in [2.45, 2.75) is 25.9 Å². The van der Waals surface area contributed by atoms with E-state index in [-0.39, 0.29) is 6.04 Å². The van der Waals surface area contributed by atoms with Crippen LogP contribution in [0.5, 0.6) is 0 Å². The highest BCUT2D eigenvalue weighted by Crippen LogP contribution is 2.29. The lowest BCUT2D eigenvalue weighted by Gasteiger charge is -2.25. The molecule has 0 aliphatic carbocycles. The van der Waals surface area contributed by atoms with Gasteiger partial charge in [-0.05, 0) is 37.7 Å². The standard InChI is InChI=1S/C14H19ClN2S2/c1-3-10-4-6-13(18-10)12(8-16)17(2)9-11-5-7-14(15)19-11/h4-7,12H,3,8-9,16H2,1-2H3. The van der Waals surface area contributed by atoms with Gasteiger partial charge in [0.25, 0.3) is 0 Å². The quantitative estimate of drug-likeness (QED) is 0.867. The van der Waals surface area contributed by atoms with Crippen LogP contribution in [0.4, 0.5) is 0 Å². The van der Waals surface area contributed by atoms with Crippen molar-refractivity contribution >= 4 is 34.3 Å². The van der Waals surface area contributed by atoms with E-state index in [0.29, 0.717) is 6.54 Å². The third-order valence-electron chi connectivity index (χ3n) is 3.15. The van der Waals surface area contributed by atoms with Crippen LogP contribution in [-0.4, -0.2) is 18.5 Å². The largest absolute Gasteiger partial charge is 0.329 e. The Morgan fingerprint density at radius 1 is 1.21 bits per heavy atom. The van der Waals surface area contributed by atoms with E-state index in [2.05, 4.69) is 37.1 Å². The topological polar surface area (TPSA) is 29.3 Å². The molecule has 2 nitrogen and oxygen atoms in total. The molecule has 0 aromatic carbocycles. The van der Waals surface area contributed by atoms with E-state index in [1.54, 1.807) is 11.3 Å². The Labute approximate surface area is 127 Å². The first kappa shape index (κ1) is 15.0. The molecule has 0 radical (unpaired) electrons. The molecule has 0 saturated carbocycles. The minimum absolute atomic E-state index is 0.283. The summed E-state index contributed by atoms with van der Waals surface area (Å²) in [7, 11) is 2.12. The first-order valence-electron chi connectivity index (χ1n) is 6.37. The molecule has 0 aliphatic heterocycles. The Hall–Kier alpha value is -0.390. The SMILES string of the molecule is CCc1ccc(C(CN)N(C)Cc2ccc(Cl)s2)s1. The Morgan fingerprint density at radius 2 is 1.95 bits per heavy atom. The monoisotopic (exact) mass is 314 g/mol. The average Bonchev–Trinajstić information content (AvgIpc) is 3.00.